The Labute approximate surface area is 95.7 Å². The lowest BCUT2D eigenvalue weighted by Gasteiger charge is -2.10. The Hall–Kier alpha value is -1.84. The summed E-state index contributed by atoms with van der Waals surface area (Å²) in [5.74, 6) is 0. The van der Waals surface area contributed by atoms with E-state index in [4.69, 9.17) is 0 Å². The molecule has 1 aromatic carbocycles. The van der Waals surface area contributed by atoms with E-state index in [-0.39, 0.29) is 11.4 Å². The highest BCUT2D eigenvalue weighted by atomic mass is 16.2. The quantitative estimate of drug-likeness (QED) is 0.583. The smallest absolute Gasteiger partial charge is 0.307 e. The fourth-order valence-electron chi connectivity index (χ4n) is 0.965. The van der Waals surface area contributed by atoms with E-state index in [2.05, 4.69) is 15.8 Å². The van der Waals surface area contributed by atoms with Crippen LogP contribution in [-0.2, 0) is 0 Å². The maximum atomic E-state index is 11.4. The third-order valence-corrected chi connectivity index (χ3v) is 1.65. The molecule has 2 amide bonds. The molecule has 1 aromatic rings. The highest BCUT2D eigenvalue weighted by molar-refractivity contribution is 5.89. The van der Waals surface area contributed by atoms with Gasteiger partial charge in [-0.15, -0.1) is 0 Å². The van der Waals surface area contributed by atoms with Gasteiger partial charge in [0.25, 0.3) is 0 Å². The molecule has 0 radical (unpaired) electrons. The van der Waals surface area contributed by atoms with Gasteiger partial charge < -0.3 is 5.32 Å². The van der Waals surface area contributed by atoms with Crippen molar-refractivity contribution in [2.24, 2.45) is 10.5 Å². The van der Waals surface area contributed by atoms with Crippen LogP contribution in [-0.4, -0.2) is 12.2 Å². The first-order valence-electron chi connectivity index (χ1n) is 5.14. The first kappa shape index (κ1) is 12.2. The minimum atomic E-state index is -0.341. The summed E-state index contributed by atoms with van der Waals surface area (Å²) in [6.45, 7) is 6.02. The van der Waals surface area contributed by atoms with Gasteiger partial charge in [0.2, 0.25) is 0 Å². The van der Waals surface area contributed by atoms with E-state index < -0.39 is 0 Å². The minimum Gasteiger partial charge on any atom is -0.307 e. The highest BCUT2D eigenvalue weighted by Gasteiger charge is 2.05. The van der Waals surface area contributed by atoms with Crippen molar-refractivity contribution in [3.8, 4) is 0 Å². The van der Waals surface area contributed by atoms with Crippen LogP contribution in [0.15, 0.2) is 35.4 Å². The van der Waals surface area contributed by atoms with Crippen LogP contribution in [0.5, 0.6) is 0 Å². The number of nitrogens with zero attached hydrogens (tertiary/aromatic N) is 1. The second-order valence-electron chi connectivity index (χ2n) is 4.56. The predicted molar refractivity (Wildman–Crippen MR) is 66.5 cm³/mol. The number of benzene rings is 1. The van der Waals surface area contributed by atoms with Gasteiger partial charge in [-0.3, -0.25) is 0 Å². The summed E-state index contributed by atoms with van der Waals surface area (Å²) in [7, 11) is 0. The Bertz CT molecular complexity index is 366. The van der Waals surface area contributed by atoms with Crippen LogP contribution in [0.3, 0.4) is 0 Å². The molecule has 0 unspecified atom stereocenters. The number of hydrogen-bond acceptors (Lipinski definition) is 2. The third-order valence-electron chi connectivity index (χ3n) is 1.65. The van der Waals surface area contributed by atoms with E-state index in [9.17, 15) is 4.79 Å². The molecule has 2 N–H and O–H groups in total. The molecule has 0 aliphatic carbocycles. The average molecular weight is 219 g/mol. The molecular formula is C12H17N3O. The molecule has 0 fully saturated rings. The molecule has 0 atom stereocenters. The molecule has 1 rings (SSSR count). The lowest BCUT2D eigenvalue weighted by Crippen LogP contribution is -2.25. The van der Waals surface area contributed by atoms with Crippen molar-refractivity contribution < 1.29 is 4.79 Å². The minimum absolute atomic E-state index is 0.0416. The lowest BCUT2D eigenvalue weighted by molar-refractivity contribution is 0.252. The van der Waals surface area contributed by atoms with Crippen LogP contribution in [0.4, 0.5) is 10.5 Å². The molecule has 0 saturated heterocycles. The SMILES string of the molecule is CC(C)(C)C=NNC(=O)Nc1ccccc1. The Kier molecular flexibility index (Phi) is 4.05. The Morgan fingerprint density at radius 1 is 1.25 bits per heavy atom. The fourth-order valence-corrected chi connectivity index (χ4v) is 0.965. The normalized spacial score (nSPS) is 11.4. The molecule has 86 valence electrons. The first-order chi connectivity index (χ1) is 7.47. The molecule has 4 heteroatoms. The topological polar surface area (TPSA) is 53.5 Å². The molecule has 0 bridgehead atoms. The molecule has 0 aliphatic heterocycles. The van der Waals surface area contributed by atoms with Gasteiger partial charge in [0.15, 0.2) is 0 Å². The number of carbonyl (C=O) groups excluding carboxylic acids is 1. The van der Waals surface area contributed by atoms with E-state index in [1.807, 2.05) is 51.1 Å². The van der Waals surface area contributed by atoms with Crippen molar-refractivity contribution in [3.63, 3.8) is 0 Å². The third kappa shape index (κ3) is 5.14. The maximum absolute atomic E-state index is 11.4. The fraction of sp³-hybridized carbons (Fsp3) is 0.333. The molecule has 0 aliphatic rings. The van der Waals surface area contributed by atoms with Gasteiger partial charge in [0.05, 0.1) is 0 Å². The molecule has 0 aromatic heterocycles. The zero-order chi connectivity index (χ0) is 12.0. The number of amides is 2. The van der Waals surface area contributed by atoms with Crippen LogP contribution in [0.2, 0.25) is 0 Å². The van der Waals surface area contributed by atoms with Crippen molar-refractivity contribution in [3.05, 3.63) is 30.3 Å². The molecule has 4 nitrogen and oxygen atoms in total. The summed E-state index contributed by atoms with van der Waals surface area (Å²) in [5.41, 5.74) is 3.11. The Balaban J connectivity index is 2.41. The van der Waals surface area contributed by atoms with E-state index >= 15 is 0 Å². The summed E-state index contributed by atoms with van der Waals surface area (Å²) in [6.07, 6.45) is 1.69. The number of anilines is 1. The molecule has 0 saturated carbocycles. The zero-order valence-corrected chi connectivity index (χ0v) is 9.82. The summed E-state index contributed by atoms with van der Waals surface area (Å²) < 4.78 is 0. The summed E-state index contributed by atoms with van der Waals surface area (Å²) in [4.78, 5) is 11.4. The zero-order valence-electron chi connectivity index (χ0n) is 9.82. The number of hydrazone groups is 1. The maximum Gasteiger partial charge on any atom is 0.339 e. The predicted octanol–water partition coefficient (Wildman–Crippen LogP) is 2.84. The largest absolute Gasteiger partial charge is 0.339 e. The van der Waals surface area contributed by atoms with Gasteiger partial charge in [-0.05, 0) is 17.5 Å². The van der Waals surface area contributed by atoms with Crippen LogP contribution in [0.25, 0.3) is 0 Å². The molecule has 0 heterocycles. The number of nitrogens with one attached hydrogen (secondary N) is 2. The van der Waals surface area contributed by atoms with Crippen molar-refractivity contribution in [1.82, 2.24) is 5.43 Å². The van der Waals surface area contributed by atoms with Crippen LogP contribution in [0, 0.1) is 5.41 Å². The summed E-state index contributed by atoms with van der Waals surface area (Å²) in [5, 5.41) is 6.52. The van der Waals surface area contributed by atoms with E-state index in [1.54, 1.807) is 6.21 Å². The van der Waals surface area contributed by atoms with Gasteiger partial charge in [-0.1, -0.05) is 39.0 Å². The van der Waals surface area contributed by atoms with Crippen LogP contribution >= 0.6 is 0 Å². The highest BCUT2D eigenvalue weighted by Crippen LogP contribution is 2.07. The van der Waals surface area contributed by atoms with Crippen molar-refractivity contribution >= 4 is 17.9 Å². The van der Waals surface area contributed by atoms with Crippen molar-refractivity contribution in [1.29, 1.82) is 0 Å². The Morgan fingerprint density at radius 2 is 1.88 bits per heavy atom. The molecule has 0 spiro atoms. The number of urea groups is 1. The van der Waals surface area contributed by atoms with Gasteiger partial charge >= 0.3 is 6.03 Å². The number of hydrogen-bond donors (Lipinski definition) is 2. The second kappa shape index (κ2) is 5.30. The van der Waals surface area contributed by atoms with Crippen LogP contribution in [0.1, 0.15) is 20.8 Å². The van der Waals surface area contributed by atoms with E-state index in [0.29, 0.717) is 0 Å². The first-order valence-corrected chi connectivity index (χ1v) is 5.14. The standard InChI is InChI=1S/C12H17N3O/c1-12(2,3)9-13-15-11(16)14-10-7-5-4-6-8-10/h4-9H,1-3H3,(H2,14,15,16). The van der Waals surface area contributed by atoms with E-state index in [1.165, 1.54) is 0 Å². The summed E-state index contributed by atoms with van der Waals surface area (Å²) in [6, 6.07) is 8.88. The number of para-hydroxylation sites is 1. The van der Waals surface area contributed by atoms with Gasteiger partial charge in [-0.2, -0.15) is 5.10 Å². The van der Waals surface area contributed by atoms with Gasteiger partial charge in [0.1, 0.15) is 0 Å². The lowest BCUT2D eigenvalue weighted by atomic mass is 9.99. The van der Waals surface area contributed by atoms with E-state index in [0.717, 1.165) is 5.69 Å². The van der Waals surface area contributed by atoms with Crippen LogP contribution < -0.4 is 10.7 Å². The average Bonchev–Trinajstić information content (AvgIpc) is 2.17. The molecular weight excluding hydrogens is 202 g/mol. The van der Waals surface area contributed by atoms with Crippen molar-refractivity contribution in [2.75, 3.05) is 5.32 Å². The summed E-state index contributed by atoms with van der Waals surface area (Å²) >= 11 is 0. The Morgan fingerprint density at radius 3 is 2.44 bits per heavy atom. The van der Waals surface area contributed by atoms with Crippen molar-refractivity contribution in [2.45, 2.75) is 20.8 Å². The monoisotopic (exact) mass is 219 g/mol. The number of carbonyl (C=O) groups is 1. The molecule has 16 heavy (non-hydrogen) atoms. The van der Waals surface area contributed by atoms with Gasteiger partial charge in [0, 0.05) is 11.9 Å². The second-order valence-corrected chi connectivity index (χ2v) is 4.56. The number of rotatable bonds is 2. The van der Waals surface area contributed by atoms with Gasteiger partial charge in [-0.25, -0.2) is 10.2 Å².